The van der Waals surface area contributed by atoms with Crippen LogP contribution in [0.4, 0.5) is 5.82 Å². The highest BCUT2D eigenvalue weighted by Gasteiger charge is 2.50. The maximum atomic E-state index is 12.8. The molecule has 1 aromatic heterocycles. The zero-order chi connectivity index (χ0) is 20.7. The number of halogens is 1. The average molecular weight is 430 g/mol. The van der Waals surface area contributed by atoms with E-state index in [4.69, 9.17) is 26.1 Å². The van der Waals surface area contributed by atoms with Gasteiger partial charge < -0.3 is 14.4 Å². The Hall–Kier alpha value is -1.89. The van der Waals surface area contributed by atoms with Gasteiger partial charge in [-0.25, -0.2) is 4.98 Å². The Morgan fingerprint density at radius 1 is 1.17 bits per heavy atom. The van der Waals surface area contributed by atoms with Crippen LogP contribution < -0.4 is 4.90 Å². The van der Waals surface area contributed by atoms with E-state index in [0.717, 1.165) is 81.9 Å². The Kier molecular flexibility index (Phi) is 5.33. The number of esters is 1. The van der Waals surface area contributed by atoms with Crippen LogP contribution in [0.5, 0.6) is 0 Å². The van der Waals surface area contributed by atoms with Crippen molar-refractivity contribution in [3.05, 3.63) is 34.9 Å². The standard InChI is InChI=1S/C23H28ClN3O3/c1-16-12-21(25-20-13-17(24)2-3-19(16)20)27-6-4-23(5-7-27)14-18(30-22(23)28)15-26-8-10-29-11-9-26/h2-3,12-13,18H,4-11,14-15H2,1H3. The first kappa shape index (κ1) is 20.0. The molecule has 4 heterocycles. The fraction of sp³-hybridized carbons (Fsp3) is 0.565. The van der Waals surface area contributed by atoms with E-state index in [0.29, 0.717) is 5.02 Å². The predicted octanol–water partition coefficient (Wildman–Crippen LogP) is 3.43. The third-order valence-electron chi connectivity index (χ3n) is 6.90. The van der Waals surface area contributed by atoms with Gasteiger partial charge in [0.15, 0.2) is 0 Å². The summed E-state index contributed by atoms with van der Waals surface area (Å²) in [6, 6.07) is 7.99. The molecule has 5 rings (SSSR count). The predicted molar refractivity (Wildman–Crippen MR) is 117 cm³/mol. The molecule has 30 heavy (non-hydrogen) atoms. The van der Waals surface area contributed by atoms with Gasteiger partial charge >= 0.3 is 5.97 Å². The van der Waals surface area contributed by atoms with Crippen LogP contribution in [0.15, 0.2) is 24.3 Å². The zero-order valence-electron chi connectivity index (χ0n) is 17.4. The lowest BCUT2D eigenvalue weighted by atomic mass is 9.76. The minimum Gasteiger partial charge on any atom is -0.461 e. The highest BCUT2D eigenvalue weighted by molar-refractivity contribution is 6.31. The average Bonchev–Trinajstić information content (AvgIpc) is 3.03. The maximum absolute atomic E-state index is 12.8. The number of anilines is 1. The smallest absolute Gasteiger partial charge is 0.312 e. The molecule has 2 aromatic rings. The highest BCUT2D eigenvalue weighted by atomic mass is 35.5. The van der Waals surface area contributed by atoms with Crippen molar-refractivity contribution in [1.29, 1.82) is 0 Å². The summed E-state index contributed by atoms with van der Waals surface area (Å²) in [7, 11) is 0. The Morgan fingerprint density at radius 2 is 1.93 bits per heavy atom. The van der Waals surface area contributed by atoms with Crippen LogP contribution in [0, 0.1) is 12.3 Å². The summed E-state index contributed by atoms with van der Waals surface area (Å²) < 4.78 is 11.2. The number of aryl methyl sites for hydroxylation is 1. The third-order valence-corrected chi connectivity index (χ3v) is 7.14. The number of nitrogens with zero attached hydrogens (tertiary/aromatic N) is 3. The summed E-state index contributed by atoms with van der Waals surface area (Å²) in [6.45, 7) is 7.95. The number of piperidine rings is 1. The summed E-state index contributed by atoms with van der Waals surface area (Å²) in [4.78, 5) is 22.3. The number of cyclic esters (lactones) is 1. The first-order valence-corrected chi connectivity index (χ1v) is 11.2. The number of fused-ring (bicyclic) bond motifs is 1. The Bertz CT molecular complexity index is 952. The van der Waals surface area contributed by atoms with E-state index in [1.165, 1.54) is 5.56 Å². The van der Waals surface area contributed by atoms with Crippen molar-refractivity contribution in [2.45, 2.75) is 32.3 Å². The first-order chi connectivity index (χ1) is 14.5. The summed E-state index contributed by atoms with van der Waals surface area (Å²) in [5.74, 6) is 0.961. The molecular weight excluding hydrogens is 402 g/mol. The molecule has 0 amide bonds. The van der Waals surface area contributed by atoms with Crippen LogP contribution >= 0.6 is 11.6 Å². The Balaban J connectivity index is 1.27. The monoisotopic (exact) mass is 429 g/mol. The molecule has 1 unspecified atom stereocenters. The zero-order valence-corrected chi connectivity index (χ0v) is 18.2. The Labute approximate surface area is 182 Å². The van der Waals surface area contributed by atoms with Gasteiger partial charge in [-0.05, 0) is 43.5 Å². The Morgan fingerprint density at radius 3 is 2.70 bits per heavy atom. The molecule has 7 heteroatoms. The van der Waals surface area contributed by atoms with Crippen molar-refractivity contribution >= 4 is 34.3 Å². The number of morpholine rings is 1. The number of benzene rings is 1. The lowest BCUT2D eigenvalue weighted by Gasteiger charge is -2.37. The van der Waals surface area contributed by atoms with Gasteiger partial charge in [-0.1, -0.05) is 17.7 Å². The van der Waals surface area contributed by atoms with Crippen molar-refractivity contribution in [2.24, 2.45) is 5.41 Å². The molecule has 0 bridgehead atoms. The fourth-order valence-corrected chi connectivity index (χ4v) is 5.27. The summed E-state index contributed by atoms with van der Waals surface area (Å²) in [5, 5.41) is 1.83. The summed E-state index contributed by atoms with van der Waals surface area (Å²) in [6.07, 6.45) is 2.47. The van der Waals surface area contributed by atoms with E-state index in [9.17, 15) is 4.79 Å². The van der Waals surface area contributed by atoms with Crippen LogP contribution in [0.1, 0.15) is 24.8 Å². The van der Waals surface area contributed by atoms with E-state index in [1.54, 1.807) is 0 Å². The molecule has 0 radical (unpaired) electrons. The van der Waals surface area contributed by atoms with E-state index < -0.39 is 0 Å². The van der Waals surface area contributed by atoms with Crippen LogP contribution in [0.25, 0.3) is 10.9 Å². The third kappa shape index (κ3) is 3.77. The highest BCUT2D eigenvalue weighted by Crippen LogP contribution is 2.44. The second kappa shape index (κ2) is 7.98. The minimum atomic E-state index is -0.331. The number of pyridine rings is 1. The van der Waals surface area contributed by atoms with Gasteiger partial charge in [0, 0.05) is 49.6 Å². The van der Waals surface area contributed by atoms with Crippen molar-refractivity contribution in [3.8, 4) is 0 Å². The fourth-order valence-electron chi connectivity index (χ4n) is 5.10. The lowest BCUT2D eigenvalue weighted by Crippen LogP contribution is -2.43. The normalized spacial score (nSPS) is 24.5. The van der Waals surface area contributed by atoms with E-state index in [1.807, 2.05) is 18.2 Å². The van der Waals surface area contributed by atoms with Gasteiger partial charge in [-0.15, -0.1) is 0 Å². The van der Waals surface area contributed by atoms with Crippen molar-refractivity contribution in [2.75, 3.05) is 50.8 Å². The van der Waals surface area contributed by atoms with Crippen molar-refractivity contribution < 1.29 is 14.3 Å². The molecular formula is C23H28ClN3O3. The summed E-state index contributed by atoms with van der Waals surface area (Å²) in [5.41, 5.74) is 1.78. The van der Waals surface area contributed by atoms with E-state index >= 15 is 0 Å². The van der Waals surface area contributed by atoms with Gasteiger partial charge in [0.2, 0.25) is 0 Å². The molecule has 1 aromatic carbocycles. The second-order valence-corrected chi connectivity index (χ2v) is 9.31. The molecule has 3 aliphatic heterocycles. The van der Waals surface area contributed by atoms with Gasteiger partial charge in [0.05, 0.1) is 24.1 Å². The number of ether oxygens (including phenoxy) is 2. The minimum absolute atomic E-state index is 0.00478. The van der Waals surface area contributed by atoms with Gasteiger partial charge in [-0.2, -0.15) is 0 Å². The number of aromatic nitrogens is 1. The number of hydrogen-bond acceptors (Lipinski definition) is 6. The SMILES string of the molecule is Cc1cc(N2CCC3(CC2)CC(CN2CCOCC2)OC3=O)nc2cc(Cl)ccc12. The first-order valence-electron chi connectivity index (χ1n) is 10.9. The molecule has 3 saturated heterocycles. The molecule has 3 aliphatic rings. The number of carbonyl (C=O) groups is 1. The largest absolute Gasteiger partial charge is 0.461 e. The van der Waals surface area contributed by atoms with E-state index in [-0.39, 0.29) is 17.5 Å². The molecule has 6 nitrogen and oxygen atoms in total. The van der Waals surface area contributed by atoms with Crippen molar-refractivity contribution in [3.63, 3.8) is 0 Å². The molecule has 3 fully saturated rings. The van der Waals surface area contributed by atoms with Gasteiger partial charge in [0.25, 0.3) is 0 Å². The quantitative estimate of drug-likeness (QED) is 0.697. The molecule has 0 aliphatic carbocycles. The van der Waals surface area contributed by atoms with Gasteiger partial charge in [-0.3, -0.25) is 9.69 Å². The van der Waals surface area contributed by atoms with Crippen LogP contribution in [0.3, 0.4) is 0 Å². The molecule has 0 N–H and O–H groups in total. The van der Waals surface area contributed by atoms with Crippen LogP contribution in [-0.2, 0) is 14.3 Å². The topological polar surface area (TPSA) is 54.9 Å². The molecule has 1 spiro atoms. The molecule has 1 atom stereocenters. The van der Waals surface area contributed by atoms with Crippen molar-refractivity contribution in [1.82, 2.24) is 9.88 Å². The van der Waals surface area contributed by atoms with E-state index in [2.05, 4.69) is 22.8 Å². The number of carbonyl (C=O) groups excluding carboxylic acids is 1. The lowest BCUT2D eigenvalue weighted by molar-refractivity contribution is -0.150. The second-order valence-electron chi connectivity index (χ2n) is 8.87. The molecule has 0 saturated carbocycles. The van der Waals surface area contributed by atoms with Gasteiger partial charge in [0.1, 0.15) is 11.9 Å². The number of rotatable bonds is 3. The number of hydrogen-bond donors (Lipinski definition) is 0. The van der Waals surface area contributed by atoms with Crippen LogP contribution in [-0.4, -0.2) is 67.9 Å². The maximum Gasteiger partial charge on any atom is 0.312 e. The summed E-state index contributed by atoms with van der Waals surface area (Å²) >= 11 is 6.18. The van der Waals surface area contributed by atoms with Crippen LogP contribution in [0.2, 0.25) is 5.02 Å². The molecule has 160 valence electrons.